The summed E-state index contributed by atoms with van der Waals surface area (Å²) in [5.74, 6) is -4.02. The first-order valence-electron chi connectivity index (χ1n) is 38.6. The van der Waals surface area contributed by atoms with E-state index in [1.54, 1.807) is 69.0 Å². The van der Waals surface area contributed by atoms with Crippen LogP contribution in [0.2, 0.25) is 0 Å². The minimum Gasteiger partial charge on any atom is -0.870 e. The van der Waals surface area contributed by atoms with Crippen molar-refractivity contribution in [3.63, 3.8) is 0 Å². The van der Waals surface area contributed by atoms with Crippen molar-refractivity contribution in [2.45, 2.75) is 90.9 Å². The minimum atomic E-state index is -3.52. The molecule has 0 aliphatic carbocycles. The molecular weight excluding hydrogens is 1670 g/mol. The van der Waals surface area contributed by atoms with E-state index in [0.29, 0.717) is 159 Å². The van der Waals surface area contributed by atoms with Crippen molar-refractivity contribution in [3.05, 3.63) is 227 Å². The van der Waals surface area contributed by atoms with E-state index in [-0.39, 0.29) is 83.5 Å². The second kappa shape index (κ2) is 36.8. The molecule has 642 valence electrons. The van der Waals surface area contributed by atoms with Crippen molar-refractivity contribution in [1.29, 1.82) is 0 Å². The van der Waals surface area contributed by atoms with Gasteiger partial charge in [0.15, 0.2) is 0 Å². The molecule has 0 bridgehead atoms. The van der Waals surface area contributed by atoms with Crippen molar-refractivity contribution < 1.29 is 109 Å². The van der Waals surface area contributed by atoms with Crippen molar-refractivity contribution in [2.75, 3.05) is 88.7 Å². The third-order valence-corrected chi connectivity index (χ3v) is 26.1. The van der Waals surface area contributed by atoms with Crippen LogP contribution < -0.4 is 41.4 Å². The number of carboxylic acids is 1. The molecule has 3 N–H and O–H groups in total. The number of halogens is 4. The first kappa shape index (κ1) is 92.0. The number of carboxylic acid groups (broad SMARTS) is 1. The maximum atomic E-state index is 13.4. The van der Waals surface area contributed by atoms with Gasteiger partial charge in [0.2, 0.25) is 40.1 Å². The molecule has 4 aromatic carbocycles. The zero-order valence-corrected chi connectivity index (χ0v) is 72.2. The molecule has 0 fully saturated rings. The maximum absolute atomic E-state index is 13.4. The molecule has 29 nitrogen and oxygen atoms in total. The van der Waals surface area contributed by atoms with Crippen LogP contribution in [0.1, 0.15) is 155 Å². The number of ether oxygens (including phenoxy) is 2. The number of hydrogen-bond acceptors (Lipinski definition) is 19. The first-order chi connectivity index (χ1) is 57.3. The van der Waals surface area contributed by atoms with Gasteiger partial charge in [0.05, 0.1) is 113 Å². The number of carbonyl (C=O) groups is 4. The van der Waals surface area contributed by atoms with Crippen LogP contribution in [0.5, 0.6) is 0 Å². The number of aromatic nitrogens is 8. The summed E-state index contributed by atoms with van der Waals surface area (Å²) in [4.78, 5) is 50.5. The van der Waals surface area contributed by atoms with Gasteiger partial charge in [-0.25, -0.2) is 83.7 Å². The van der Waals surface area contributed by atoms with Gasteiger partial charge in [0.25, 0.3) is 5.91 Å². The number of pyridine rings is 4. The molecule has 4 aliphatic rings. The number of aromatic carboxylic acids is 1. The average molecular weight is 1760 g/mol. The van der Waals surface area contributed by atoms with Crippen LogP contribution in [-0.2, 0) is 49.6 Å². The summed E-state index contributed by atoms with van der Waals surface area (Å²) in [6.07, 6.45) is 16.7. The molecule has 4 aliphatic heterocycles. The summed E-state index contributed by atoms with van der Waals surface area (Å²) in [6, 6.07) is 29.5. The van der Waals surface area contributed by atoms with Crippen LogP contribution in [0.4, 0.5) is 40.3 Å². The normalized spacial score (nSPS) is 15.5. The Hall–Kier alpha value is -11.7. The molecule has 2 atom stereocenters. The van der Waals surface area contributed by atoms with Crippen molar-refractivity contribution in [2.24, 2.45) is 0 Å². The van der Waals surface area contributed by atoms with E-state index < -0.39 is 75.5 Å². The fraction of sp³-hybridized carbons (Fsp3) is 0.294. The first-order valence-corrected chi connectivity index (χ1v) is 46.0. The smallest absolute Gasteiger partial charge is 0.870 e. The van der Waals surface area contributed by atoms with Gasteiger partial charge in [-0.1, -0.05) is 27.0 Å². The van der Waals surface area contributed by atoms with Crippen LogP contribution >= 0.6 is 0 Å². The Bertz CT molecular complexity index is 6450. The van der Waals surface area contributed by atoms with E-state index in [4.69, 9.17) is 9.47 Å². The number of carbonyl (C=O) groups excluding carboxylic acids is 3. The third-order valence-electron chi connectivity index (χ3n) is 21.3. The number of anilines is 4. The zero-order valence-electron chi connectivity index (χ0n) is 68.9. The fourth-order valence-electron chi connectivity index (χ4n) is 15.5. The number of hydrogen-bond donors (Lipinski definition) is 2. The average Bonchev–Trinajstić information content (AvgIpc) is 1.62. The molecule has 12 aromatic rings. The van der Waals surface area contributed by atoms with Gasteiger partial charge in [0.1, 0.15) is 62.7 Å². The molecule has 38 heteroatoms. The topological polar surface area (TPSA) is 368 Å². The number of rotatable bonds is 14. The largest absolute Gasteiger partial charge is 1.00 e. The van der Waals surface area contributed by atoms with Gasteiger partial charge in [-0.3, -0.25) is 22.0 Å². The molecular formula is C85H88F4LiN13O16S4. The summed E-state index contributed by atoms with van der Waals surface area (Å²) in [5, 5.41) is 30.5. The van der Waals surface area contributed by atoms with Crippen molar-refractivity contribution in [3.8, 4) is 45.0 Å². The molecule has 1 amide bonds. The third kappa shape index (κ3) is 19.1. The number of fused-ring (bicyclic) bond motifs is 8. The van der Waals surface area contributed by atoms with E-state index in [9.17, 15) is 75.5 Å². The van der Waals surface area contributed by atoms with E-state index in [2.05, 4.69) is 45.8 Å². The second-order valence-corrected chi connectivity index (χ2v) is 37.4. The van der Waals surface area contributed by atoms with Gasteiger partial charge in [-0.05, 0) is 221 Å². The van der Waals surface area contributed by atoms with E-state index >= 15 is 0 Å². The fourth-order valence-corrected chi connectivity index (χ4v) is 19.4. The number of sulfonamides is 4. The standard InChI is InChI=1S/2C22H22FN3O4S.C21H23FN4O3S.C20H20FN3O4S.Li.H2O/c2*1-4-30-22(27)20-18-12-17-14(2)6-5-11-26(31(3,28)29)19(17)13-25(18)24-21(20)15-7-9-16(23)10-8-15;1-13-5-4-10-26(30(3,28)29)18-12-25-17(11-16(13)18)19(21(27)23-2)20(24-25)14-6-8-15(22)9-7-14;1-12-4-3-9-24(29(2,27)28)17-11-23-16(10-15(12)17)18(20(25)26)19(22-23)13-5-7-14(21)8-6-13;;/h2*7-10,12-13H,2,4-6,11H2,1,3H3;6-9,11-13H,4-5,10H2,1-3H3,(H,23,27);5-8,10-12H,3-4,9H2,1-2H3,(H,25,26);;1H2/q;;;;+1;/p-1. The Morgan fingerprint density at radius 1 is 0.439 bits per heavy atom. The molecule has 0 saturated heterocycles. The van der Waals surface area contributed by atoms with E-state index in [1.165, 1.54) is 134 Å². The second-order valence-electron chi connectivity index (χ2n) is 29.8. The number of benzene rings is 4. The van der Waals surface area contributed by atoms with Crippen molar-refractivity contribution >= 4 is 120 Å². The van der Waals surface area contributed by atoms with Gasteiger partial charge < -0.3 is 25.4 Å². The molecule has 16 rings (SSSR count). The summed E-state index contributed by atoms with van der Waals surface area (Å²) in [7, 11) is -12.5. The molecule has 2 unspecified atom stereocenters. The summed E-state index contributed by atoms with van der Waals surface area (Å²) in [5.41, 5.74) is 12.6. The summed E-state index contributed by atoms with van der Waals surface area (Å²) in [6.45, 7) is 17.5. The summed E-state index contributed by atoms with van der Waals surface area (Å²) >= 11 is 0. The van der Waals surface area contributed by atoms with Gasteiger partial charge in [0, 0.05) is 66.6 Å². The quantitative estimate of drug-likeness (QED) is 0.0580. The van der Waals surface area contributed by atoms with Crippen LogP contribution in [0, 0.1) is 23.3 Å². The predicted molar refractivity (Wildman–Crippen MR) is 457 cm³/mol. The van der Waals surface area contributed by atoms with E-state index in [1.807, 2.05) is 13.0 Å². The Labute approximate surface area is 719 Å². The Balaban J connectivity index is 0.000000159. The maximum Gasteiger partial charge on any atom is 1.00 e. The number of nitrogens with zero attached hydrogens (tertiary/aromatic N) is 12. The van der Waals surface area contributed by atoms with Gasteiger partial charge in [-0.2, -0.15) is 20.4 Å². The van der Waals surface area contributed by atoms with E-state index in [0.717, 1.165) is 60.3 Å². The predicted octanol–water partition coefficient (Wildman–Crippen LogP) is 11.3. The number of esters is 2. The van der Waals surface area contributed by atoms with Crippen LogP contribution in [0.3, 0.4) is 0 Å². The molecule has 0 saturated carbocycles. The number of amides is 1. The Morgan fingerprint density at radius 3 is 1.00 bits per heavy atom. The SMILES string of the molecule is C=C1CCCN(S(C)(=O)=O)c2cn3nc(-c4ccc(F)cc4)c(C(=O)OCC)c3cc21.C=C1CCCN(S(C)(=O)=O)c2cn3nc(-c4ccc(F)cc4)c(C(=O)OCC)c3cc21.CC1CCCN(S(C)(=O)=O)c2cn3nc(-c4ccc(F)cc4)c(C(=O)O)c3cc21.CNC(=O)c1c(-c2ccc(F)cc2)nn2cc3c(cc12)C(C)CCCN3S(C)(=O)=O.[Li+].[OH-]. The minimum absolute atomic E-state index is 0. The van der Waals surface area contributed by atoms with Gasteiger partial charge >= 0.3 is 36.8 Å². The Morgan fingerprint density at radius 2 is 0.707 bits per heavy atom. The van der Waals surface area contributed by atoms with Gasteiger partial charge in [-0.15, -0.1) is 0 Å². The number of nitrogens with one attached hydrogen (secondary N) is 1. The molecule has 0 radical (unpaired) electrons. The Kier molecular flexibility index (Phi) is 27.5. The molecule has 0 spiro atoms. The molecule has 12 heterocycles. The van der Waals surface area contributed by atoms with Crippen LogP contribution in [0.25, 0.3) is 78.2 Å². The van der Waals surface area contributed by atoms with Crippen molar-refractivity contribution in [1.82, 2.24) is 43.8 Å². The van der Waals surface area contributed by atoms with Crippen LogP contribution in [-0.4, -0.2) is 178 Å². The molecule has 123 heavy (non-hydrogen) atoms. The van der Waals surface area contributed by atoms with Crippen LogP contribution in [0.15, 0.2) is 159 Å². The zero-order chi connectivity index (χ0) is 87.2. The summed E-state index contributed by atoms with van der Waals surface area (Å²) < 4.78 is 175. The number of allylic oxidation sites excluding steroid dienone is 2. The molecule has 8 aromatic heterocycles. The monoisotopic (exact) mass is 1760 g/mol.